The second kappa shape index (κ2) is 6.84. The average molecular weight is 296 g/mol. The minimum Gasteiger partial charge on any atom is -0.494 e. The minimum atomic E-state index is 0.344. The fraction of sp³-hybridized carbons (Fsp3) is 0.368. The largest absolute Gasteiger partial charge is 0.494 e. The SMILES string of the molecule is CNCCC(c1ccccc1)c1ccc2c(c1OC)NCC2. The Morgan fingerprint density at radius 3 is 2.73 bits per heavy atom. The molecule has 22 heavy (non-hydrogen) atoms. The average Bonchev–Trinajstić information content (AvgIpc) is 3.04. The molecule has 116 valence electrons. The van der Waals surface area contributed by atoms with Crippen molar-refractivity contribution in [2.24, 2.45) is 0 Å². The predicted octanol–water partition coefficient (Wildman–Crippen LogP) is 3.40. The zero-order valence-electron chi connectivity index (χ0n) is 13.4. The number of ether oxygens (including phenoxy) is 1. The van der Waals surface area contributed by atoms with E-state index >= 15 is 0 Å². The van der Waals surface area contributed by atoms with Crippen molar-refractivity contribution in [2.45, 2.75) is 18.8 Å². The summed E-state index contributed by atoms with van der Waals surface area (Å²) in [5.74, 6) is 1.36. The first kappa shape index (κ1) is 14.9. The lowest BCUT2D eigenvalue weighted by Crippen LogP contribution is -2.14. The van der Waals surface area contributed by atoms with Crippen molar-refractivity contribution in [3.8, 4) is 5.75 Å². The van der Waals surface area contributed by atoms with Crippen LogP contribution in [-0.2, 0) is 6.42 Å². The van der Waals surface area contributed by atoms with Crippen LogP contribution in [0.25, 0.3) is 0 Å². The molecule has 3 heteroatoms. The maximum Gasteiger partial charge on any atom is 0.146 e. The lowest BCUT2D eigenvalue weighted by molar-refractivity contribution is 0.408. The molecule has 0 saturated heterocycles. The van der Waals surface area contributed by atoms with Crippen LogP contribution in [-0.4, -0.2) is 27.2 Å². The zero-order chi connectivity index (χ0) is 15.4. The Morgan fingerprint density at radius 1 is 1.18 bits per heavy atom. The van der Waals surface area contributed by atoms with Crippen LogP contribution in [0.2, 0.25) is 0 Å². The van der Waals surface area contributed by atoms with Crippen LogP contribution in [0.15, 0.2) is 42.5 Å². The highest BCUT2D eigenvalue weighted by atomic mass is 16.5. The quantitative estimate of drug-likeness (QED) is 0.857. The van der Waals surface area contributed by atoms with Crippen molar-refractivity contribution < 1.29 is 4.74 Å². The van der Waals surface area contributed by atoms with Gasteiger partial charge in [0.2, 0.25) is 0 Å². The molecule has 0 aliphatic carbocycles. The van der Waals surface area contributed by atoms with Gasteiger partial charge < -0.3 is 15.4 Å². The van der Waals surface area contributed by atoms with Gasteiger partial charge >= 0.3 is 0 Å². The van der Waals surface area contributed by atoms with E-state index in [9.17, 15) is 0 Å². The molecule has 2 N–H and O–H groups in total. The van der Waals surface area contributed by atoms with Gasteiger partial charge in [-0.1, -0.05) is 42.5 Å². The molecule has 3 nitrogen and oxygen atoms in total. The van der Waals surface area contributed by atoms with Gasteiger partial charge in [0.05, 0.1) is 12.8 Å². The van der Waals surface area contributed by atoms with E-state index < -0.39 is 0 Å². The third-order valence-electron chi connectivity index (χ3n) is 4.44. The molecule has 1 aliphatic heterocycles. The third kappa shape index (κ3) is 2.81. The fourth-order valence-corrected chi connectivity index (χ4v) is 3.33. The summed E-state index contributed by atoms with van der Waals surface area (Å²) in [7, 11) is 3.78. The summed E-state index contributed by atoms with van der Waals surface area (Å²) in [4.78, 5) is 0. The number of fused-ring (bicyclic) bond motifs is 1. The summed E-state index contributed by atoms with van der Waals surface area (Å²) in [6.45, 7) is 1.98. The summed E-state index contributed by atoms with van der Waals surface area (Å²) in [5.41, 5.74) is 5.16. The van der Waals surface area contributed by atoms with E-state index in [1.165, 1.54) is 22.4 Å². The standard InChI is InChI=1S/C19H24N2O/c1-20-12-11-16(14-6-4-3-5-7-14)17-9-8-15-10-13-21-18(15)19(17)22-2/h3-9,16,20-21H,10-13H2,1-2H3. The maximum absolute atomic E-state index is 5.79. The molecule has 2 aromatic rings. The Kier molecular flexibility index (Phi) is 4.64. The van der Waals surface area contributed by atoms with E-state index in [0.717, 1.165) is 31.7 Å². The van der Waals surface area contributed by atoms with Crippen LogP contribution in [0.3, 0.4) is 0 Å². The molecule has 1 atom stereocenters. The Morgan fingerprint density at radius 2 is 2.00 bits per heavy atom. The monoisotopic (exact) mass is 296 g/mol. The van der Waals surface area contributed by atoms with Crippen LogP contribution in [0, 0.1) is 0 Å². The summed E-state index contributed by atoms with van der Waals surface area (Å²) in [6.07, 6.45) is 2.13. The first-order valence-corrected chi connectivity index (χ1v) is 7.98. The number of benzene rings is 2. The number of nitrogens with one attached hydrogen (secondary N) is 2. The number of hydrogen-bond donors (Lipinski definition) is 2. The fourth-order valence-electron chi connectivity index (χ4n) is 3.33. The third-order valence-corrected chi connectivity index (χ3v) is 4.44. The van der Waals surface area contributed by atoms with Crippen LogP contribution in [0.5, 0.6) is 5.75 Å². The Bertz CT molecular complexity index is 625. The molecule has 0 fully saturated rings. The number of hydrogen-bond acceptors (Lipinski definition) is 3. The Labute approximate surface area is 132 Å². The molecule has 0 aromatic heterocycles. The predicted molar refractivity (Wildman–Crippen MR) is 92.0 cm³/mol. The Hall–Kier alpha value is -2.00. The van der Waals surface area contributed by atoms with E-state index in [2.05, 4.69) is 53.1 Å². The van der Waals surface area contributed by atoms with Gasteiger partial charge in [0.15, 0.2) is 0 Å². The van der Waals surface area contributed by atoms with Gasteiger partial charge in [-0.15, -0.1) is 0 Å². The number of rotatable bonds is 6. The van der Waals surface area contributed by atoms with Gasteiger partial charge in [-0.3, -0.25) is 0 Å². The molecule has 1 heterocycles. The number of methoxy groups -OCH3 is 1. The van der Waals surface area contributed by atoms with Crippen LogP contribution in [0.1, 0.15) is 29.0 Å². The molecular weight excluding hydrogens is 272 g/mol. The highest BCUT2D eigenvalue weighted by molar-refractivity contribution is 5.69. The molecule has 0 amide bonds. The lowest BCUT2D eigenvalue weighted by Gasteiger charge is -2.22. The van der Waals surface area contributed by atoms with Gasteiger partial charge in [0, 0.05) is 18.0 Å². The second-order valence-electron chi connectivity index (χ2n) is 5.75. The van der Waals surface area contributed by atoms with E-state index in [1.54, 1.807) is 7.11 Å². The maximum atomic E-state index is 5.79. The summed E-state index contributed by atoms with van der Waals surface area (Å²) in [6, 6.07) is 15.2. The minimum absolute atomic E-state index is 0.344. The van der Waals surface area contributed by atoms with Crippen LogP contribution >= 0.6 is 0 Å². The lowest BCUT2D eigenvalue weighted by atomic mass is 9.87. The van der Waals surface area contributed by atoms with Gasteiger partial charge in [-0.2, -0.15) is 0 Å². The van der Waals surface area contributed by atoms with E-state index in [0.29, 0.717) is 5.92 Å². The smallest absolute Gasteiger partial charge is 0.146 e. The molecule has 2 aromatic carbocycles. The second-order valence-corrected chi connectivity index (χ2v) is 5.75. The van der Waals surface area contributed by atoms with Crippen molar-refractivity contribution >= 4 is 5.69 Å². The zero-order valence-corrected chi connectivity index (χ0v) is 13.4. The molecular formula is C19H24N2O. The Balaban J connectivity index is 2.04. The molecule has 3 rings (SSSR count). The van der Waals surface area contributed by atoms with E-state index in [1.807, 2.05) is 7.05 Å². The van der Waals surface area contributed by atoms with Gasteiger partial charge in [-0.25, -0.2) is 0 Å². The van der Waals surface area contributed by atoms with Gasteiger partial charge in [0.25, 0.3) is 0 Å². The molecule has 0 radical (unpaired) electrons. The molecule has 1 aliphatic rings. The number of anilines is 1. The summed E-state index contributed by atoms with van der Waals surface area (Å²) < 4.78 is 5.79. The summed E-state index contributed by atoms with van der Waals surface area (Å²) in [5, 5.41) is 6.75. The van der Waals surface area contributed by atoms with Crippen molar-refractivity contribution in [2.75, 3.05) is 32.6 Å². The first-order valence-electron chi connectivity index (χ1n) is 7.98. The van der Waals surface area contributed by atoms with Crippen LogP contribution in [0.4, 0.5) is 5.69 Å². The molecule has 0 saturated carbocycles. The van der Waals surface area contributed by atoms with Gasteiger partial charge in [-0.05, 0) is 37.6 Å². The van der Waals surface area contributed by atoms with Crippen molar-refractivity contribution in [1.29, 1.82) is 0 Å². The first-order chi connectivity index (χ1) is 10.8. The summed E-state index contributed by atoms with van der Waals surface area (Å²) >= 11 is 0. The normalized spacial score (nSPS) is 14.3. The van der Waals surface area contributed by atoms with E-state index in [-0.39, 0.29) is 0 Å². The topological polar surface area (TPSA) is 33.3 Å². The highest BCUT2D eigenvalue weighted by Gasteiger charge is 2.24. The van der Waals surface area contributed by atoms with E-state index in [4.69, 9.17) is 4.74 Å². The molecule has 0 bridgehead atoms. The van der Waals surface area contributed by atoms with Crippen molar-refractivity contribution in [3.63, 3.8) is 0 Å². The highest BCUT2D eigenvalue weighted by Crippen LogP contribution is 2.42. The molecule has 0 spiro atoms. The van der Waals surface area contributed by atoms with Crippen LogP contribution < -0.4 is 15.4 Å². The van der Waals surface area contributed by atoms with Crippen molar-refractivity contribution in [1.82, 2.24) is 5.32 Å². The van der Waals surface area contributed by atoms with Crippen molar-refractivity contribution in [3.05, 3.63) is 59.2 Å². The molecule has 1 unspecified atom stereocenters. The van der Waals surface area contributed by atoms with Gasteiger partial charge in [0.1, 0.15) is 5.75 Å².